The summed E-state index contributed by atoms with van der Waals surface area (Å²) in [6.45, 7) is 2.26. The first-order valence-electron chi connectivity index (χ1n) is 10.8. The van der Waals surface area contributed by atoms with Crippen LogP contribution in [0.3, 0.4) is 0 Å². The highest BCUT2D eigenvalue weighted by atomic mass is 32.2. The predicted octanol–water partition coefficient (Wildman–Crippen LogP) is 1.74. The van der Waals surface area contributed by atoms with Gasteiger partial charge in [0, 0.05) is 44.5 Å². The van der Waals surface area contributed by atoms with Crippen molar-refractivity contribution in [3.63, 3.8) is 0 Å². The van der Waals surface area contributed by atoms with Gasteiger partial charge in [-0.2, -0.15) is 4.31 Å². The van der Waals surface area contributed by atoms with E-state index in [0.717, 1.165) is 11.4 Å². The molecule has 1 N–H and O–H groups in total. The standard InChI is InChI=1S/C23H31N3O6S/c1-30-20-9-7-19(8-10-20)25-12-14-26(15-13-25)33(28,29)16-4-11-24-23(27)18-32-22-6-3-5-21(17-22)31-2/h3,5-10,17H,4,11-16,18H2,1-2H3,(H,24,27). The number of piperazine rings is 1. The Kier molecular flexibility index (Phi) is 8.79. The number of nitrogens with one attached hydrogen (secondary N) is 1. The largest absolute Gasteiger partial charge is 0.497 e. The molecule has 1 fully saturated rings. The van der Waals surface area contributed by atoms with Crippen LogP contribution in [0.1, 0.15) is 6.42 Å². The molecule has 10 heteroatoms. The number of carbonyl (C=O) groups is 1. The fraction of sp³-hybridized carbons (Fsp3) is 0.435. The molecule has 0 unspecified atom stereocenters. The molecule has 0 saturated carbocycles. The van der Waals surface area contributed by atoms with Crippen molar-refractivity contribution in [2.45, 2.75) is 6.42 Å². The first kappa shape index (κ1) is 24.7. The summed E-state index contributed by atoms with van der Waals surface area (Å²) in [5, 5.41) is 2.70. The normalized spacial score (nSPS) is 14.5. The highest BCUT2D eigenvalue weighted by molar-refractivity contribution is 7.89. The van der Waals surface area contributed by atoms with Gasteiger partial charge in [0.2, 0.25) is 10.0 Å². The third kappa shape index (κ3) is 7.26. The minimum atomic E-state index is -3.37. The fourth-order valence-electron chi connectivity index (χ4n) is 3.52. The molecule has 9 nitrogen and oxygen atoms in total. The monoisotopic (exact) mass is 477 g/mol. The smallest absolute Gasteiger partial charge is 0.257 e. The molecule has 0 radical (unpaired) electrons. The van der Waals surface area contributed by atoms with E-state index in [-0.39, 0.29) is 24.8 Å². The number of benzene rings is 2. The zero-order valence-corrected chi connectivity index (χ0v) is 19.8. The molecule has 2 aromatic rings. The number of carbonyl (C=O) groups excluding carboxylic acids is 1. The second kappa shape index (κ2) is 11.8. The molecule has 0 aromatic heterocycles. The molecule has 3 rings (SSSR count). The van der Waals surface area contributed by atoms with Gasteiger partial charge in [0.15, 0.2) is 6.61 Å². The van der Waals surface area contributed by atoms with E-state index in [2.05, 4.69) is 10.2 Å². The summed E-state index contributed by atoms with van der Waals surface area (Å²) < 4.78 is 42.6. The molecule has 33 heavy (non-hydrogen) atoms. The van der Waals surface area contributed by atoms with E-state index in [4.69, 9.17) is 14.2 Å². The van der Waals surface area contributed by atoms with Crippen LogP contribution in [0.4, 0.5) is 5.69 Å². The summed E-state index contributed by atoms with van der Waals surface area (Å²) >= 11 is 0. The van der Waals surface area contributed by atoms with Crippen LogP contribution in [0.2, 0.25) is 0 Å². The number of amides is 1. The van der Waals surface area contributed by atoms with E-state index in [1.807, 2.05) is 24.3 Å². The molecule has 1 saturated heterocycles. The molecular formula is C23H31N3O6S. The van der Waals surface area contributed by atoms with E-state index in [1.54, 1.807) is 38.5 Å². The summed E-state index contributed by atoms with van der Waals surface area (Å²) in [5.74, 6) is 1.65. The number of nitrogens with zero attached hydrogens (tertiary/aromatic N) is 2. The number of ether oxygens (including phenoxy) is 3. The van der Waals surface area contributed by atoms with Gasteiger partial charge in [-0.15, -0.1) is 0 Å². The second-order valence-corrected chi connectivity index (χ2v) is 9.66. The minimum absolute atomic E-state index is 0.00738. The van der Waals surface area contributed by atoms with Crippen molar-refractivity contribution in [1.82, 2.24) is 9.62 Å². The fourth-order valence-corrected chi connectivity index (χ4v) is 5.01. The van der Waals surface area contributed by atoms with Gasteiger partial charge in [0.25, 0.3) is 5.91 Å². The molecule has 1 amide bonds. The average Bonchev–Trinajstić information content (AvgIpc) is 2.85. The number of anilines is 1. The topological polar surface area (TPSA) is 97.4 Å². The van der Waals surface area contributed by atoms with Crippen LogP contribution >= 0.6 is 0 Å². The third-order valence-electron chi connectivity index (χ3n) is 5.38. The number of hydrogen-bond donors (Lipinski definition) is 1. The van der Waals surface area contributed by atoms with Crippen LogP contribution in [0.25, 0.3) is 0 Å². The van der Waals surface area contributed by atoms with Crippen molar-refractivity contribution >= 4 is 21.6 Å². The first-order valence-corrected chi connectivity index (χ1v) is 12.4. The second-order valence-electron chi connectivity index (χ2n) is 7.57. The molecular weight excluding hydrogens is 446 g/mol. The highest BCUT2D eigenvalue weighted by Crippen LogP contribution is 2.21. The molecule has 1 aliphatic heterocycles. The maximum absolute atomic E-state index is 12.7. The van der Waals surface area contributed by atoms with Gasteiger partial charge in [-0.3, -0.25) is 4.79 Å². The van der Waals surface area contributed by atoms with Crippen molar-refractivity contribution in [3.05, 3.63) is 48.5 Å². The number of hydrogen-bond acceptors (Lipinski definition) is 7. The van der Waals surface area contributed by atoms with Crippen LogP contribution in [0, 0.1) is 0 Å². The Morgan fingerprint density at radius 3 is 2.27 bits per heavy atom. The number of methoxy groups -OCH3 is 2. The van der Waals surface area contributed by atoms with Crippen molar-refractivity contribution in [2.75, 3.05) is 64.2 Å². The summed E-state index contributed by atoms with van der Waals surface area (Å²) in [4.78, 5) is 14.1. The molecule has 0 atom stereocenters. The van der Waals surface area contributed by atoms with E-state index < -0.39 is 10.0 Å². The van der Waals surface area contributed by atoms with Gasteiger partial charge >= 0.3 is 0 Å². The molecule has 180 valence electrons. The maximum atomic E-state index is 12.7. The summed E-state index contributed by atoms with van der Waals surface area (Å²) in [6, 6.07) is 14.7. The Hall–Kier alpha value is -2.98. The Bertz CT molecular complexity index is 1010. The van der Waals surface area contributed by atoms with Gasteiger partial charge in [0.05, 0.1) is 20.0 Å². The van der Waals surface area contributed by atoms with Gasteiger partial charge in [0.1, 0.15) is 17.2 Å². The Morgan fingerprint density at radius 1 is 0.939 bits per heavy atom. The number of sulfonamides is 1. The average molecular weight is 478 g/mol. The molecule has 0 spiro atoms. The quantitative estimate of drug-likeness (QED) is 0.493. The summed E-state index contributed by atoms with van der Waals surface area (Å²) in [5.41, 5.74) is 1.05. The molecule has 2 aromatic carbocycles. The van der Waals surface area contributed by atoms with Crippen molar-refractivity contribution in [1.29, 1.82) is 0 Å². The van der Waals surface area contributed by atoms with Crippen molar-refractivity contribution in [3.8, 4) is 17.2 Å². The van der Waals surface area contributed by atoms with E-state index in [9.17, 15) is 13.2 Å². The molecule has 0 aliphatic carbocycles. The van der Waals surface area contributed by atoms with Crippen molar-refractivity contribution < 1.29 is 27.4 Å². The minimum Gasteiger partial charge on any atom is -0.497 e. The summed E-state index contributed by atoms with van der Waals surface area (Å²) in [7, 11) is -0.189. The van der Waals surface area contributed by atoms with Crippen molar-refractivity contribution in [2.24, 2.45) is 0 Å². The van der Waals surface area contributed by atoms with Gasteiger partial charge < -0.3 is 24.4 Å². The maximum Gasteiger partial charge on any atom is 0.257 e. The lowest BCUT2D eigenvalue weighted by atomic mass is 10.2. The van der Waals surface area contributed by atoms with E-state index in [0.29, 0.717) is 44.1 Å². The zero-order valence-electron chi connectivity index (χ0n) is 19.0. The zero-order chi connectivity index (χ0) is 23.7. The van der Waals surface area contributed by atoms with E-state index in [1.165, 1.54) is 4.31 Å². The molecule has 0 bridgehead atoms. The van der Waals surface area contributed by atoms with Gasteiger partial charge in [-0.1, -0.05) is 6.07 Å². The van der Waals surface area contributed by atoms with Crippen LogP contribution < -0.4 is 24.4 Å². The molecule has 1 heterocycles. The lowest BCUT2D eigenvalue weighted by molar-refractivity contribution is -0.123. The summed E-state index contributed by atoms with van der Waals surface area (Å²) in [6.07, 6.45) is 0.339. The van der Waals surface area contributed by atoms with Crippen LogP contribution in [-0.4, -0.2) is 77.9 Å². The third-order valence-corrected chi connectivity index (χ3v) is 7.34. The number of rotatable bonds is 11. The lowest BCUT2D eigenvalue weighted by Gasteiger charge is -2.35. The Balaban J connectivity index is 1.35. The Morgan fingerprint density at radius 2 is 1.61 bits per heavy atom. The highest BCUT2D eigenvalue weighted by Gasteiger charge is 2.26. The van der Waals surface area contributed by atoms with Crippen LogP contribution in [0.5, 0.6) is 17.2 Å². The lowest BCUT2D eigenvalue weighted by Crippen LogP contribution is -2.49. The van der Waals surface area contributed by atoms with Crippen LogP contribution in [0.15, 0.2) is 48.5 Å². The van der Waals surface area contributed by atoms with E-state index >= 15 is 0 Å². The molecule has 1 aliphatic rings. The van der Waals surface area contributed by atoms with Gasteiger partial charge in [-0.05, 0) is 42.8 Å². The van der Waals surface area contributed by atoms with Gasteiger partial charge in [-0.25, -0.2) is 8.42 Å². The van der Waals surface area contributed by atoms with Crippen LogP contribution in [-0.2, 0) is 14.8 Å². The predicted molar refractivity (Wildman–Crippen MR) is 127 cm³/mol. The SMILES string of the molecule is COc1ccc(N2CCN(S(=O)(=O)CCCNC(=O)COc3cccc(OC)c3)CC2)cc1. The first-order chi connectivity index (χ1) is 15.9. The Labute approximate surface area is 195 Å².